The van der Waals surface area contributed by atoms with Gasteiger partial charge in [0.05, 0.1) is 0 Å². The Kier molecular flexibility index (Phi) is 2.96. The fraction of sp³-hybridized carbons (Fsp3) is 0.625. The van der Waals surface area contributed by atoms with Crippen molar-refractivity contribution in [3.63, 3.8) is 0 Å². The lowest BCUT2D eigenvalue weighted by molar-refractivity contribution is -0.00322. The van der Waals surface area contributed by atoms with E-state index in [4.69, 9.17) is 0 Å². The van der Waals surface area contributed by atoms with Gasteiger partial charge in [-0.15, -0.1) is 0 Å². The Morgan fingerprint density at radius 1 is 0.941 bits per heavy atom. The molecule has 1 aliphatic heterocycles. The van der Waals surface area contributed by atoms with E-state index in [1.54, 1.807) is 5.56 Å². The first kappa shape index (κ1) is 11.3. The highest BCUT2D eigenvalue weighted by Crippen LogP contribution is 2.45. The summed E-state index contributed by atoms with van der Waals surface area (Å²) in [5.74, 6) is 0. The lowest BCUT2D eigenvalue weighted by Gasteiger charge is -2.52. The zero-order valence-corrected chi connectivity index (χ0v) is 10.9. The minimum Gasteiger partial charge on any atom is -0.293 e. The average Bonchev–Trinajstić information content (AvgIpc) is 2.28. The molecule has 2 fully saturated rings. The van der Waals surface area contributed by atoms with Gasteiger partial charge < -0.3 is 0 Å². The standard InChI is InChI=1S/C16H23N/c1-14-8-3-4-9-15(14)16(17-12-7-13-17)10-5-2-6-11-16/h3-4,8-9H,2,5-7,10-13H2,1H3. The molecule has 0 radical (unpaired) electrons. The fourth-order valence-electron chi connectivity index (χ4n) is 3.73. The zero-order chi connectivity index (χ0) is 11.7. The number of likely N-dealkylation sites (tertiary alicyclic amines) is 1. The molecule has 92 valence electrons. The van der Waals surface area contributed by atoms with Crippen molar-refractivity contribution in [3.8, 4) is 0 Å². The van der Waals surface area contributed by atoms with E-state index in [0.717, 1.165) is 0 Å². The van der Waals surface area contributed by atoms with Crippen LogP contribution in [0, 0.1) is 6.92 Å². The third-order valence-electron chi connectivity index (χ3n) is 4.79. The lowest BCUT2D eigenvalue weighted by Crippen LogP contribution is -2.54. The fourth-order valence-corrected chi connectivity index (χ4v) is 3.73. The van der Waals surface area contributed by atoms with Crippen LogP contribution in [0.3, 0.4) is 0 Å². The van der Waals surface area contributed by atoms with E-state index in [1.165, 1.54) is 57.2 Å². The van der Waals surface area contributed by atoms with Gasteiger partial charge in [-0.2, -0.15) is 0 Å². The molecule has 1 aromatic rings. The van der Waals surface area contributed by atoms with Crippen molar-refractivity contribution in [2.45, 2.75) is 51.0 Å². The van der Waals surface area contributed by atoms with Crippen molar-refractivity contribution in [3.05, 3.63) is 35.4 Å². The van der Waals surface area contributed by atoms with Gasteiger partial charge in [0.2, 0.25) is 0 Å². The summed E-state index contributed by atoms with van der Waals surface area (Å²) in [6, 6.07) is 9.05. The lowest BCUT2D eigenvalue weighted by atomic mass is 9.72. The first-order chi connectivity index (χ1) is 8.33. The predicted molar refractivity (Wildman–Crippen MR) is 72.1 cm³/mol. The Morgan fingerprint density at radius 3 is 2.24 bits per heavy atom. The minimum absolute atomic E-state index is 0.391. The molecule has 0 spiro atoms. The van der Waals surface area contributed by atoms with E-state index in [1.807, 2.05) is 0 Å². The normalized spacial score (nSPS) is 24.3. The summed E-state index contributed by atoms with van der Waals surface area (Å²) in [6.07, 6.45) is 8.39. The molecule has 0 aromatic heterocycles. The number of hydrogen-bond donors (Lipinski definition) is 0. The maximum Gasteiger partial charge on any atom is 0.0463 e. The second-order valence-corrected chi connectivity index (χ2v) is 5.75. The third-order valence-corrected chi connectivity index (χ3v) is 4.79. The maximum atomic E-state index is 2.74. The van der Waals surface area contributed by atoms with Crippen LogP contribution in [0.4, 0.5) is 0 Å². The highest BCUT2D eigenvalue weighted by molar-refractivity contribution is 5.33. The first-order valence-corrected chi connectivity index (χ1v) is 7.14. The number of rotatable bonds is 2. The molecular formula is C16H23N. The van der Waals surface area contributed by atoms with Gasteiger partial charge in [-0.3, -0.25) is 4.90 Å². The van der Waals surface area contributed by atoms with Crippen molar-refractivity contribution < 1.29 is 0 Å². The molecule has 1 saturated carbocycles. The Labute approximate surface area is 105 Å². The summed E-state index contributed by atoms with van der Waals surface area (Å²) in [5.41, 5.74) is 3.49. The van der Waals surface area contributed by atoms with Gasteiger partial charge in [-0.25, -0.2) is 0 Å². The van der Waals surface area contributed by atoms with E-state index in [9.17, 15) is 0 Å². The molecule has 1 nitrogen and oxygen atoms in total. The highest BCUT2D eigenvalue weighted by atomic mass is 15.2. The van der Waals surface area contributed by atoms with E-state index in [0.29, 0.717) is 5.54 Å². The summed E-state index contributed by atoms with van der Waals surface area (Å²) in [4.78, 5) is 2.74. The molecule has 1 heteroatoms. The summed E-state index contributed by atoms with van der Waals surface area (Å²) >= 11 is 0. The van der Waals surface area contributed by atoms with Gasteiger partial charge in [0, 0.05) is 18.6 Å². The minimum atomic E-state index is 0.391. The molecule has 0 bridgehead atoms. The molecule has 0 atom stereocenters. The van der Waals surface area contributed by atoms with E-state index in [-0.39, 0.29) is 0 Å². The second-order valence-electron chi connectivity index (χ2n) is 5.75. The summed E-state index contributed by atoms with van der Waals surface area (Å²) < 4.78 is 0. The van der Waals surface area contributed by atoms with E-state index >= 15 is 0 Å². The topological polar surface area (TPSA) is 3.24 Å². The largest absolute Gasteiger partial charge is 0.293 e. The average molecular weight is 229 g/mol. The van der Waals surface area contributed by atoms with Crippen molar-refractivity contribution in [2.24, 2.45) is 0 Å². The Hall–Kier alpha value is -0.820. The van der Waals surface area contributed by atoms with Crippen LogP contribution in [0.1, 0.15) is 49.7 Å². The maximum absolute atomic E-state index is 2.74. The number of nitrogens with zero attached hydrogens (tertiary/aromatic N) is 1. The van der Waals surface area contributed by atoms with E-state index in [2.05, 4.69) is 36.1 Å². The van der Waals surface area contributed by atoms with Gasteiger partial charge in [0.1, 0.15) is 0 Å². The Balaban J connectivity index is 2.00. The molecule has 1 aromatic carbocycles. The number of aryl methyl sites for hydroxylation is 1. The molecular weight excluding hydrogens is 206 g/mol. The molecule has 3 rings (SSSR count). The third kappa shape index (κ3) is 1.81. The summed E-state index contributed by atoms with van der Waals surface area (Å²) in [7, 11) is 0. The molecule has 1 heterocycles. The zero-order valence-electron chi connectivity index (χ0n) is 10.9. The van der Waals surface area contributed by atoms with Gasteiger partial charge >= 0.3 is 0 Å². The van der Waals surface area contributed by atoms with Gasteiger partial charge in [0.25, 0.3) is 0 Å². The molecule has 1 aliphatic carbocycles. The highest BCUT2D eigenvalue weighted by Gasteiger charge is 2.42. The SMILES string of the molecule is Cc1ccccc1C1(N2CCC2)CCCCC1. The van der Waals surface area contributed by atoms with Gasteiger partial charge in [-0.1, -0.05) is 43.5 Å². The smallest absolute Gasteiger partial charge is 0.0463 e. The number of hydrogen-bond acceptors (Lipinski definition) is 1. The summed E-state index contributed by atoms with van der Waals surface area (Å²) in [6.45, 7) is 4.91. The Bertz CT molecular complexity index is 386. The number of benzene rings is 1. The molecule has 17 heavy (non-hydrogen) atoms. The Morgan fingerprint density at radius 2 is 1.65 bits per heavy atom. The van der Waals surface area contributed by atoms with Crippen LogP contribution < -0.4 is 0 Å². The van der Waals surface area contributed by atoms with Gasteiger partial charge in [-0.05, 0) is 37.3 Å². The predicted octanol–water partition coefficient (Wildman–Crippen LogP) is 3.86. The summed E-state index contributed by atoms with van der Waals surface area (Å²) in [5, 5.41) is 0. The van der Waals surface area contributed by atoms with Crippen LogP contribution in [0.2, 0.25) is 0 Å². The van der Waals surface area contributed by atoms with Crippen molar-refractivity contribution in [1.29, 1.82) is 0 Å². The van der Waals surface area contributed by atoms with Crippen LogP contribution in [-0.4, -0.2) is 18.0 Å². The van der Waals surface area contributed by atoms with Crippen molar-refractivity contribution in [1.82, 2.24) is 4.90 Å². The molecule has 0 N–H and O–H groups in total. The van der Waals surface area contributed by atoms with Crippen LogP contribution in [0.25, 0.3) is 0 Å². The van der Waals surface area contributed by atoms with Crippen LogP contribution >= 0.6 is 0 Å². The van der Waals surface area contributed by atoms with Crippen molar-refractivity contribution in [2.75, 3.05) is 13.1 Å². The quantitative estimate of drug-likeness (QED) is 0.744. The molecule has 0 unspecified atom stereocenters. The van der Waals surface area contributed by atoms with Crippen molar-refractivity contribution >= 4 is 0 Å². The monoisotopic (exact) mass is 229 g/mol. The van der Waals surface area contributed by atoms with Crippen LogP contribution in [0.15, 0.2) is 24.3 Å². The molecule has 2 aliphatic rings. The second kappa shape index (κ2) is 4.45. The molecule has 1 saturated heterocycles. The first-order valence-electron chi connectivity index (χ1n) is 7.14. The van der Waals surface area contributed by atoms with Gasteiger partial charge in [0.15, 0.2) is 0 Å². The molecule has 0 amide bonds. The van der Waals surface area contributed by atoms with Crippen LogP contribution in [0.5, 0.6) is 0 Å². The van der Waals surface area contributed by atoms with Crippen LogP contribution in [-0.2, 0) is 5.54 Å². The van der Waals surface area contributed by atoms with E-state index < -0.39 is 0 Å².